The average molecular weight is 353 g/mol. The third-order valence-corrected chi connectivity index (χ3v) is 3.62. The molecule has 1 saturated heterocycles. The molecule has 0 saturated carbocycles. The molecule has 136 valence electrons. The summed E-state index contributed by atoms with van der Waals surface area (Å²) in [6, 6.07) is -0.544. The third-order valence-electron chi connectivity index (χ3n) is 3.51. The number of carbonyl (C=O) groups excluding carboxylic acids is 1. The number of hydrogen-bond acceptors (Lipinski definition) is 5. The molecule has 3 N–H and O–H groups in total. The van der Waals surface area contributed by atoms with Crippen LogP contribution < -0.4 is 5.73 Å². The van der Waals surface area contributed by atoms with Crippen molar-refractivity contribution in [2.24, 2.45) is 0 Å². The highest BCUT2D eigenvalue weighted by atomic mass is 35.5. The molecule has 0 radical (unpaired) electrons. The standard InChI is InChI=1S/C16H30ClNO5/c1-5-6-7-21-13-9-20-8-12(18)15(19)23-11(2)14(13)22-10-16(3,4)17/h11-14H,5-10,18H2,1-4H3/p+1/t11-,12-,13-,14-/m0/s1. The monoisotopic (exact) mass is 352 g/mol. The number of unbranched alkanes of at least 4 members (excludes halogenated alkanes) is 1. The maximum Gasteiger partial charge on any atom is 0.367 e. The van der Waals surface area contributed by atoms with Crippen molar-refractivity contribution in [1.82, 2.24) is 0 Å². The fourth-order valence-electron chi connectivity index (χ4n) is 2.20. The lowest BCUT2D eigenvalue weighted by Gasteiger charge is -2.32. The number of hydrogen-bond donors (Lipinski definition) is 1. The molecule has 0 spiro atoms. The van der Waals surface area contributed by atoms with Gasteiger partial charge in [0.05, 0.1) is 18.1 Å². The second-order valence-corrected chi connectivity index (χ2v) is 7.66. The Morgan fingerprint density at radius 2 is 2.04 bits per heavy atom. The van der Waals surface area contributed by atoms with Crippen molar-refractivity contribution in [3.8, 4) is 0 Å². The van der Waals surface area contributed by atoms with E-state index in [0.717, 1.165) is 12.8 Å². The normalized spacial score (nSPS) is 30.3. The van der Waals surface area contributed by atoms with E-state index in [0.29, 0.717) is 19.8 Å². The van der Waals surface area contributed by atoms with Gasteiger partial charge in [0.15, 0.2) is 0 Å². The van der Waals surface area contributed by atoms with Crippen LogP contribution in [0.4, 0.5) is 0 Å². The van der Waals surface area contributed by atoms with E-state index in [-0.39, 0.29) is 18.7 Å². The maximum atomic E-state index is 12.0. The smallest absolute Gasteiger partial charge is 0.367 e. The van der Waals surface area contributed by atoms with Gasteiger partial charge < -0.3 is 24.7 Å². The number of quaternary nitrogens is 1. The summed E-state index contributed by atoms with van der Waals surface area (Å²) in [4.78, 5) is 11.4. The molecule has 0 aromatic heterocycles. The molecule has 6 nitrogen and oxygen atoms in total. The first kappa shape index (κ1) is 20.6. The molecule has 0 unspecified atom stereocenters. The maximum absolute atomic E-state index is 12.0. The SMILES string of the molecule is CCCCO[C@H]1COC[C@H]([NH3+])C(=O)O[C@@H](C)[C@@H]1OCC(C)(C)Cl. The Hall–Kier alpha value is -0.400. The number of esters is 1. The zero-order valence-corrected chi connectivity index (χ0v) is 15.4. The zero-order valence-electron chi connectivity index (χ0n) is 14.7. The number of alkyl halides is 1. The van der Waals surface area contributed by atoms with Gasteiger partial charge >= 0.3 is 5.97 Å². The van der Waals surface area contributed by atoms with Crippen molar-refractivity contribution in [1.29, 1.82) is 0 Å². The molecule has 0 bridgehead atoms. The molecule has 0 aromatic carbocycles. The number of carbonyl (C=O) groups is 1. The van der Waals surface area contributed by atoms with Crippen LogP contribution in [0.1, 0.15) is 40.5 Å². The highest BCUT2D eigenvalue weighted by molar-refractivity contribution is 6.23. The summed E-state index contributed by atoms with van der Waals surface area (Å²) in [5.41, 5.74) is 3.76. The first-order valence-electron chi connectivity index (χ1n) is 8.28. The minimum atomic E-state index is -0.544. The number of rotatable bonds is 7. The minimum absolute atomic E-state index is 0.215. The molecule has 1 fully saturated rings. The van der Waals surface area contributed by atoms with Gasteiger partial charge in [-0.25, -0.2) is 4.79 Å². The van der Waals surface area contributed by atoms with Crippen LogP contribution in [-0.2, 0) is 23.7 Å². The third kappa shape index (κ3) is 7.81. The molecular formula is C16H31ClNO5+. The molecule has 4 atom stereocenters. The van der Waals surface area contributed by atoms with Crippen LogP contribution in [0.5, 0.6) is 0 Å². The lowest BCUT2D eigenvalue weighted by molar-refractivity contribution is -0.415. The summed E-state index contributed by atoms with van der Waals surface area (Å²) in [6.45, 7) is 9.14. The van der Waals surface area contributed by atoms with Crippen LogP contribution in [0.25, 0.3) is 0 Å². The van der Waals surface area contributed by atoms with Crippen molar-refractivity contribution in [2.45, 2.75) is 69.8 Å². The van der Waals surface area contributed by atoms with Crippen molar-refractivity contribution < 1.29 is 29.5 Å². The topological polar surface area (TPSA) is 81.6 Å². The summed E-state index contributed by atoms with van der Waals surface area (Å²) in [7, 11) is 0. The number of cyclic esters (lactones) is 1. The van der Waals surface area contributed by atoms with Crippen LogP contribution in [0, 0.1) is 0 Å². The Balaban J connectivity index is 2.81. The summed E-state index contributed by atoms with van der Waals surface area (Å²) < 4.78 is 22.9. The predicted octanol–water partition coefficient (Wildman–Crippen LogP) is 1.15. The molecule has 1 aliphatic heterocycles. The van der Waals surface area contributed by atoms with Gasteiger partial charge in [0, 0.05) is 6.61 Å². The highest BCUT2D eigenvalue weighted by Gasteiger charge is 2.36. The van der Waals surface area contributed by atoms with E-state index in [2.05, 4.69) is 12.7 Å². The van der Waals surface area contributed by atoms with E-state index in [9.17, 15) is 4.79 Å². The molecule has 1 rings (SSSR count). The minimum Gasteiger partial charge on any atom is -0.455 e. The summed E-state index contributed by atoms with van der Waals surface area (Å²) in [5.74, 6) is -0.384. The van der Waals surface area contributed by atoms with Crippen LogP contribution >= 0.6 is 11.6 Å². The first-order chi connectivity index (χ1) is 10.7. The number of halogens is 1. The van der Waals surface area contributed by atoms with E-state index in [1.807, 2.05) is 13.8 Å². The van der Waals surface area contributed by atoms with E-state index < -0.39 is 23.1 Å². The molecule has 7 heteroatoms. The van der Waals surface area contributed by atoms with Gasteiger partial charge in [-0.2, -0.15) is 0 Å². The van der Waals surface area contributed by atoms with Gasteiger partial charge in [-0.3, -0.25) is 0 Å². The Morgan fingerprint density at radius 1 is 1.35 bits per heavy atom. The second-order valence-electron chi connectivity index (χ2n) is 6.63. The predicted molar refractivity (Wildman–Crippen MR) is 87.4 cm³/mol. The van der Waals surface area contributed by atoms with Gasteiger partial charge in [-0.15, -0.1) is 11.6 Å². The van der Waals surface area contributed by atoms with E-state index in [1.54, 1.807) is 6.92 Å². The Bertz CT molecular complexity index is 361. The van der Waals surface area contributed by atoms with Crippen LogP contribution in [0.3, 0.4) is 0 Å². The lowest BCUT2D eigenvalue weighted by atomic mass is 10.1. The molecule has 1 heterocycles. The molecule has 23 heavy (non-hydrogen) atoms. The highest BCUT2D eigenvalue weighted by Crippen LogP contribution is 2.20. The van der Waals surface area contributed by atoms with Gasteiger partial charge in [-0.05, 0) is 27.2 Å². The van der Waals surface area contributed by atoms with Gasteiger partial charge in [0.1, 0.15) is 24.9 Å². The Morgan fingerprint density at radius 3 is 2.65 bits per heavy atom. The Labute approximate surface area is 143 Å². The van der Waals surface area contributed by atoms with Crippen molar-refractivity contribution in [2.75, 3.05) is 26.4 Å². The van der Waals surface area contributed by atoms with Crippen molar-refractivity contribution >= 4 is 17.6 Å². The summed E-state index contributed by atoms with van der Waals surface area (Å²) in [5, 5.41) is 0. The fraction of sp³-hybridized carbons (Fsp3) is 0.938. The second kappa shape index (κ2) is 9.79. The lowest BCUT2D eigenvalue weighted by Crippen LogP contribution is -2.67. The van der Waals surface area contributed by atoms with Gasteiger partial charge in [0.2, 0.25) is 6.04 Å². The first-order valence-corrected chi connectivity index (χ1v) is 8.66. The molecule has 1 aliphatic rings. The van der Waals surface area contributed by atoms with E-state index in [1.165, 1.54) is 0 Å². The van der Waals surface area contributed by atoms with Gasteiger partial charge in [-0.1, -0.05) is 13.3 Å². The molecule has 0 amide bonds. The fourth-order valence-corrected chi connectivity index (χ4v) is 2.26. The van der Waals surface area contributed by atoms with Crippen LogP contribution in [0.2, 0.25) is 0 Å². The van der Waals surface area contributed by atoms with Crippen molar-refractivity contribution in [3.05, 3.63) is 0 Å². The van der Waals surface area contributed by atoms with Crippen molar-refractivity contribution in [3.63, 3.8) is 0 Å². The number of ether oxygens (including phenoxy) is 4. The quantitative estimate of drug-likeness (QED) is 0.422. The summed E-state index contributed by atoms with van der Waals surface area (Å²) >= 11 is 6.22. The van der Waals surface area contributed by atoms with E-state index >= 15 is 0 Å². The largest absolute Gasteiger partial charge is 0.455 e. The average Bonchev–Trinajstić information content (AvgIpc) is 2.49. The van der Waals surface area contributed by atoms with E-state index in [4.69, 9.17) is 30.5 Å². The Kier molecular flexibility index (Phi) is 8.79. The summed E-state index contributed by atoms with van der Waals surface area (Å²) in [6.07, 6.45) is 0.794. The van der Waals surface area contributed by atoms with Crippen LogP contribution in [0.15, 0.2) is 0 Å². The molecular weight excluding hydrogens is 322 g/mol. The molecule has 0 aromatic rings. The van der Waals surface area contributed by atoms with Gasteiger partial charge in [0.25, 0.3) is 0 Å². The zero-order chi connectivity index (χ0) is 17.5. The molecule has 0 aliphatic carbocycles. The van der Waals surface area contributed by atoms with Crippen LogP contribution in [-0.4, -0.2) is 61.6 Å².